The van der Waals surface area contributed by atoms with Crippen molar-refractivity contribution in [3.05, 3.63) is 36.5 Å². The van der Waals surface area contributed by atoms with Crippen molar-refractivity contribution in [3.63, 3.8) is 0 Å². The van der Waals surface area contributed by atoms with Gasteiger partial charge in [0.25, 0.3) is 0 Å². The third kappa shape index (κ3) is 4.49. The summed E-state index contributed by atoms with van der Waals surface area (Å²) < 4.78 is 2.22. The summed E-state index contributed by atoms with van der Waals surface area (Å²) >= 11 is 0. The van der Waals surface area contributed by atoms with Crippen molar-refractivity contribution in [2.75, 3.05) is 6.54 Å². The number of para-hydroxylation sites is 1. The van der Waals surface area contributed by atoms with Crippen molar-refractivity contribution in [2.24, 2.45) is 5.73 Å². The van der Waals surface area contributed by atoms with Crippen LogP contribution in [0.15, 0.2) is 36.5 Å². The summed E-state index contributed by atoms with van der Waals surface area (Å²) in [5.74, 6) is -0.0540. The number of rotatable bonds is 7. The molecule has 5 heteroatoms. The highest BCUT2D eigenvalue weighted by Gasteiger charge is 2.26. The van der Waals surface area contributed by atoms with Gasteiger partial charge in [0.05, 0.1) is 5.54 Å². The third-order valence-electron chi connectivity index (χ3n) is 3.83. The number of fused-ring (bicyclic) bond motifs is 1. The van der Waals surface area contributed by atoms with Crippen LogP contribution < -0.4 is 11.1 Å². The molecule has 2 rings (SSSR count). The number of carbonyl (C=O) groups is 1. The number of aromatic nitrogens is 1. The smallest absolute Gasteiger partial charge is 0.239 e. The van der Waals surface area contributed by atoms with Crippen LogP contribution in [0.25, 0.3) is 10.9 Å². The van der Waals surface area contributed by atoms with E-state index in [1.807, 2.05) is 19.1 Å². The predicted molar refractivity (Wildman–Crippen MR) is 94.3 cm³/mol. The Morgan fingerprint density at radius 3 is 2.77 bits per heavy atom. The van der Waals surface area contributed by atoms with Crippen molar-refractivity contribution < 1.29 is 4.79 Å². The van der Waals surface area contributed by atoms with E-state index in [0.717, 1.165) is 19.4 Å². The standard InChI is InChI=1S/C17H25N3O.ClH/c1-3-10-17(2,18)16(21)19-11-6-12-20-13-9-14-7-4-5-8-15(14)20;/h4-5,7-9,13H,3,6,10-12,18H2,1-2H3,(H,19,21);1H. The maximum Gasteiger partial charge on any atom is 0.239 e. The van der Waals surface area contributed by atoms with E-state index < -0.39 is 5.54 Å². The Hall–Kier alpha value is -1.52. The minimum Gasteiger partial charge on any atom is -0.354 e. The Balaban J connectivity index is 0.00000242. The van der Waals surface area contributed by atoms with Crippen molar-refractivity contribution in [1.82, 2.24) is 9.88 Å². The molecule has 3 N–H and O–H groups in total. The summed E-state index contributed by atoms with van der Waals surface area (Å²) in [5.41, 5.74) is 6.48. The molecule has 122 valence electrons. The fraction of sp³-hybridized carbons (Fsp3) is 0.471. The van der Waals surface area contributed by atoms with E-state index in [-0.39, 0.29) is 18.3 Å². The maximum absolute atomic E-state index is 12.0. The molecule has 1 aromatic carbocycles. The van der Waals surface area contributed by atoms with Gasteiger partial charge >= 0.3 is 0 Å². The van der Waals surface area contributed by atoms with Gasteiger partial charge in [0, 0.05) is 24.8 Å². The molecule has 4 nitrogen and oxygen atoms in total. The summed E-state index contributed by atoms with van der Waals surface area (Å²) in [7, 11) is 0. The van der Waals surface area contributed by atoms with Gasteiger partial charge in [-0.2, -0.15) is 0 Å². The Kier molecular flexibility index (Phi) is 6.91. The number of halogens is 1. The second-order valence-electron chi connectivity index (χ2n) is 5.84. The quantitative estimate of drug-likeness (QED) is 0.769. The number of nitrogens with zero attached hydrogens (tertiary/aromatic N) is 1. The molecular weight excluding hydrogens is 298 g/mol. The van der Waals surface area contributed by atoms with Gasteiger partial charge in [-0.05, 0) is 37.3 Å². The Morgan fingerprint density at radius 1 is 1.32 bits per heavy atom. The van der Waals surface area contributed by atoms with E-state index in [0.29, 0.717) is 13.0 Å². The number of amides is 1. The zero-order valence-corrected chi connectivity index (χ0v) is 14.2. The molecule has 0 radical (unpaired) electrons. The summed E-state index contributed by atoms with van der Waals surface area (Å²) in [6.07, 6.45) is 4.61. The van der Waals surface area contributed by atoms with Gasteiger partial charge in [0.15, 0.2) is 0 Å². The summed E-state index contributed by atoms with van der Waals surface area (Å²) in [6.45, 7) is 5.38. The van der Waals surface area contributed by atoms with Crippen LogP contribution in [0.2, 0.25) is 0 Å². The van der Waals surface area contributed by atoms with Crippen LogP contribution in [0.4, 0.5) is 0 Å². The van der Waals surface area contributed by atoms with Crippen molar-refractivity contribution >= 4 is 29.2 Å². The molecule has 1 unspecified atom stereocenters. The first kappa shape index (κ1) is 18.5. The number of nitrogens with one attached hydrogen (secondary N) is 1. The van der Waals surface area contributed by atoms with Gasteiger partial charge < -0.3 is 15.6 Å². The SMILES string of the molecule is CCCC(C)(N)C(=O)NCCCn1ccc2ccccc21.Cl. The number of hydrogen-bond acceptors (Lipinski definition) is 2. The molecule has 0 bridgehead atoms. The van der Waals surface area contributed by atoms with E-state index in [1.54, 1.807) is 6.92 Å². The van der Waals surface area contributed by atoms with Crippen LogP contribution in [0.5, 0.6) is 0 Å². The van der Waals surface area contributed by atoms with E-state index in [4.69, 9.17) is 5.73 Å². The molecule has 0 saturated heterocycles. The molecule has 0 saturated carbocycles. The van der Waals surface area contributed by atoms with E-state index in [1.165, 1.54) is 10.9 Å². The molecule has 0 aliphatic carbocycles. The van der Waals surface area contributed by atoms with Gasteiger partial charge in [-0.15, -0.1) is 12.4 Å². The molecule has 0 spiro atoms. The van der Waals surface area contributed by atoms with Crippen LogP contribution in [0.1, 0.15) is 33.1 Å². The highest BCUT2D eigenvalue weighted by atomic mass is 35.5. The average molecular weight is 324 g/mol. The van der Waals surface area contributed by atoms with Crippen LogP contribution in [0, 0.1) is 0 Å². The molecule has 1 amide bonds. The predicted octanol–water partition coefficient (Wildman–Crippen LogP) is 3.09. The minimum absolute atomic E-state index is 0. The largest absolute Gasteiger partial charge is 0.354 e. The van der Waals surface area contributed by atoms with Crippen LogP contribution in [-0.2, 0) is 11.3 Å². The van der Waals surface area contributed by atoms with Crippen molar-refractivity contribution in [1.29, 1.82) is 0 Å². The fourth-order valence-corrected chi connectivity index (χ4v) is 2.62. The molecule has 0 aliphatic rings. The fourth-order valence-electron chi connectivity index (χ4n) is 2.62. The Labute approximate surface area is 138 Å². The molecule has 0 aliphatic heterocycles. The zero-order valence-electron chi connectivity index (χ0n) is 13.3. The molecule has 2 aromatic rings. The van der Waals surface area contributed by atoms with Crippen LogP contribution in [0.3, 0.4) is 0 Å². The number of carbonyl (C=O) groups excluding carboxylic acids is 1. The lowest BCUT2D eigenvalue weighted by molar-refractivity contribution is -0.126. The Bertz CT molecular complexity index is 607. The first-order valence-corrected chi connectivity index (χ1v) is 7.65. The second-order valence-corrected chi connectivity index (χ2v) is 5.84. The molecular formula is C17H26ClN3O. The van der Waals surface area contributed by atoms with Gasteiger partial charge in [0.2, 0.25) is 5.91 Å². The highest BCUT2D eigenvalue weighted by molar-refractivity contribution is 5.85. The topological polar surface area (TPSA) is 60.1 Å². The maximum atomic E-state index is 12.0. The number of aryl methyl sites for hydroxylation is 1. The van der Waals surface area contributed by atoms with E-state index in [9.17, 15) is 4.79 Å². The molecule has 1 heterocycles. The highest BCUT2D eigenvalue weighted by Crippen LogP contribution is 2.15. The Morgan fingerprint density at radius 2 is 2.05 bits per heavy atom. The molecule has 0 fully saturated rings. The van der Waals surface area contributed by atoms with Gasteiger partial charge in [-0.1, -0.05) is 31.5 Å². The summed E-state index contributed by atoms with van der Waals surface area (Å²) in [5, 5.41) is 4.19. The number of hydrogen-bond donors (Lipinski definition) is 2. The van der Waals surface area contributed by atoms with Crippen molar-refractivity contribution in [3.8, 4) is 0 Å². The molecule has 22 heavy (non-hydrogen) atoms. The minimum atomic E-state index is -0.755. The van der Waals surface area contributed by atoms with Gasteiger partial charge in [-0.3, -0.25) is 4.79 Å². The lowest BCUT2D eigenvalue weighted by Crippen LogP contribution is -2.51. The van der Waals surface area contributed by atoms with Gasteiger partial charge in [0.1, 0.15) is 0 Å². The third-order valence-corrected chi connectivity index (χ3v) is 3.83. The monoisotopic (exact) mass is 323 g/mol. The second kappa shape index (κ2) is 8.20. The average Bonchev–Trinajstić information content (AvgIpc) is 2.86. The first-order chi connectivity index (χ1) is 10.0. The van der Waals surface area contributed by atoms with E-state index >= 15 is 0 Å². The number of benzene rings is 1. The first-order valence-electron chi connectivity index (χ1n) is 7.65. The van der Waals surface area contributed by atoms with Gasteiger partial charge in [-0.25, -0.2) is 0 Å². The molecule has 1 aromatic heterocycles. The van der Waals surface area contributed by atoms with Crippen molar-refractivity contribution in [2.45, 2.75) is 45.2 Å². The summed E-state index contributed by atoms with van der Waals surface area (Å²) in [4.78, 5) is 12.0. The normalized spacial score (nSPS) is 13.4. The van der Waals surface area contributed by atoms with Crippen LogP contribution >= 0.6 is 12.4 Å². The summed E-state index contributed by atoms with van der Waals surface area (Å²) in [6, 6.07) is 10.4. The lowest BCUT2D eigenvalue weighted by Gasteiger charge is -2.22. The van der Waals surface area contributed by atoms with E-state index in [2.05, 4.69) is 34.3 Å². The van der Waals surface area contributed by atoms with Crippen LogP contribution in [-0.4, -0.2) is 22.6 Å². The zero-order chi connectivity index (χ0) is 15.3. The molecule has 1 atom stereocenters. The lowest BCUT2D eigenvalue weighted by atomic mass is 9.96. The number of nitrogens with two attached hydrogens (primary N) is 1.